The van der Waals surface area contributed by atoms with E-state index in [1.54, 1.807) is 19.2 Å². The molecule has 0 spiro atoms. The van der Waals surface area contributed by atoms with E-state index in [1.807, 2.05) is 6.92 Å². The van der Waals surface area contributed by atoms with Crippen molar-refractivity contribution in [3.63, 3.8) is 0 Å². The second-order valence-corrected chi connectivity index (χ2v) is 5.37. The molecule has 0 bridgehead atoms. The third-order valence-electron chi connectivity index (χ3n) is 3.05. The summed E-state index contributed by atoms with van der Waals surface area (Å²) in [4.78, 5) is 0. The summed E-state index contributed by atoms with van der Waals surface area (Å²) in [6.07, 6.45) is 5.80. The minimum Gasteiger partial charge on any atom is -0.494 e. The first-order chi connectivity index (χ1) is 11.8. The zero-order chi connectivity index (χ0) is 18.8. The topological polar surface area (TPSA) is 172 Å². The SMILES string of the molecule is CCCOC1=C(B(O)O)CC(/C=N\NC(C)=N)C=C1/C=N\NC(=N)N. The van der Waals surface area contributed by atoms with Crippen molar-refractivity contribution in [2.24, 2.45) is 21.9 Å². The van der Waals surface area contributed by atoms with Crippen LogP contribution in [0, 0.1) is 16.7 Å². The van der Waals surface area contributed by atoms with E-state index in [1.165, 1.54) is 6.21 Å². The summed E-state index contributed by atoms with van der Waals surface area (Å²) < 4.78 is 5.66. The van der Waals surface area contributed by atoms with Crippen molar-refractivity contribution >= 4 is 31.3 Å². The van der Waals surface area contributed by atoms with E-state index in [-0.39, 0.29) is 17.7 Å². The van der Waals surface area contributed by atoms with E-state index >= 15 is 0 Å². The number of nitrogens with zero attached hydrogens (tertiary/aromatic N) is 2. The van der Waals surface area contributed by atoms with E-state index in [9.17, 15) is 10.0 Å². The molecule has 0 aromatic carbocycles. The number of hydrogen-bond acceptors (Lipinski definition) is 7. The molecule has 0 aromatic heterocycles. The van der Waals surface area contributed by atoms with Crippen molar-refractivity contribution in [3.8, 4) is 0 Å². The number of guanidine groups is 1. The van der Waals surface area contributed by atoms with E-state index in [4.69, 9.17) is 21.3 Å². The highest BCUT2D eigenvalue weighted by molar-refractivity contribution is 6.51. The van der Waals surface area contributed by atoms with Gasteiger partial charge in [0.25, 0.3) is 0 Å². The van der Waals surface area contributed by atoms with Gasteiger partial charge < -0.3 is 20.5 Å². The fraction of sp³-hybridized carbons (Fsp3) is 0.429. The van der Waals surface area contributed by atoms with Crippen LogP contribution >= 0.6 is 0 Å². The fourth-order valence-corrected chi connectivity index (χ4v) is 2.10. The molecule has 0 aliphatic heterocycles. The number of rotatable bonds is 8. The Balaban J connectivity index is 3.12. The Hall–Kier alpha value is -2.66. The molecule has 1 unspecified atom stereocenters. The standard InChI is InChI=1S/C14H24BN7O3/c1-3-4-25-13-11(8-20-22-14(17)18)5-10(6-12(13)15(23)24)7-19-21-9(2)16/h5,7-8,10,23-24H,3-4,6H2,1-2H3,(H2,16,21)(H4,17,18,22)/b19-7-,20-8-. The van der Waals surface area contributed by atoms with Gasteiger partial charge in [0, 0.05) is 23.2 Å². The lowest BCUT2D eigenvalue weighted by Gasteiger charge is -2.23. The van der Waals surface area contributed by atoms with Gasteiger partial charge in [-0.25, -0.2) is 5.43 Å². The van der Waals surface area contributed by atoms with Crippen molar-refractivity contribution < 1.29 is 14.8 Å². The number of allylic oxidation sites excluding steroid dienone is 3. The first-order valence-corrected chi connectivity index (χ1v) is 7.76. The smallest absolute Gasteiger partial charge is 0.488 e. The number of hydrazone groups is 2. The molecule has 0 radical (unpaired) electrons. The summed E-state index contributed by atoms with van der Waals surface area (Å²) in [6, 6.07) is 0. The molecule has 136 valence electrons. The van der Waals surface area contributed by atoms with Crippen LogP contribution in [-0.4, -0.2) is 48.0 Å². The Morgan fingerprint density at radius 3 is 2.72 bits per heavy atom. The van der Waals surface area contributed by atoms with Crippen LogP contribution in [0.2, 0.25) is 0 Å². The molecule has 10 nitrogen and oxygen atoms in total. The van der Waals surface area contributed by atoms with Crippen molar-refractivity contribution in [2.75, 3.05) is 6.61 Å². The van der Waals surface area contributed by atoms with Crippen LogP contribution in [0.4, 0.5) is 0 Å². The molecule has 0 amide bonds. The summed E-state index contributed by atoms with van der Waals surface area (Å²) in [5.41, 5.74) is 10.8. The molecule has 0 aromatic rings. The van der Waals surface area contributed by atoms with Crippen LogP contribution in [0.1, 0.15) is 26.7 Å². The summed E-state index contributed by atoms with van der Waals surface area (Å²) in [5.74, 6) is -0.0459. The van der Waals surface area contributed by atoms with Gasteiger partial charge >= 0.3 is 7.12 Å². The average Bonchev–Trinajstić information content (AvgIpc) is 2.52. The van der Waals surface area contributed by atoms with Crippen molar-refractivity contribution in [1.82, 2.24) is 10.9 Å². The zero-order valence-electron chi connectivity index (χ0n) is 14.3. The van der Waals surface area contributed by atoms with E-state index in [0.29, 0.717) is 29.8 Å². The highest BCUT2D eigenvalue weighted by Gasteiger charge is 2.29. The molecule has 11 heteroatoms. The maximum Gasteiger partial charge on any atom is 0.488 e. The Bertz CT molecular complexity index is 614. The van der Waals surface area contributed by atoms with Crippen LogP contribution in [-0.2, 0) is 4.74 Å². The van der Waals surface area contributed by atoms with Gasteiger partial charge in [0.1, 0.15) is 11.6 Å². The Labute approximate surface area is 146 Å². The monoisotopic (exact) mass is 349 g/mol. The zero-order valence-corrected chi connectivity index (χ0v) is 14.3. The predicted molar refractivity (Wildman–Crippen MR) is 98.2 cm³/mol. The second-order valence-electron chi connectivity index (χ2n) is 5.37. The quantitative estimate of drug-likeness (QED) is 0.137. The maximum absolute atomic E-state index is 9.69. The summed E-state index contributed by atoms with van der Waals surface area (Å²) in [6.45, 7) is 3.90. The molecule has 0 fully saturated rings. The van der Waals surface area contributed by atoms with Crippen LogP contribution in [0.3, 0.4) is 0 Å². The summed E-state index contributed by atoms with van der Waals surface area (Å²) >= 11 is 0. The predicted octanol–water partition coefficient (Wildman–Crippen LogP) is -0.333. The normalized spacial score (nSPS) is 17.6. The molecule has 8 N–H and O–H groups in total. The third kappa shape index (κ3) is 7.18. The largest absolute Gasteiger partial charge is 0.494 e. The summed E-state index contributed by atoms with van der Waals surface area (Å²) in [5, 5.41) is 41.5. The minimum atomic E-state index is -1.68. The molecule has 0 saturated carbocycles. The maximum atomic E-state index is 9.69. The van der Waals surface area contributed by atoms with Crippen molar-refractivity contribution in [2.45, 2.75) is 26.7 Å². The molecule has 25 heavy (non-hydrogen) atoms. The van der Waals surface area contributed by atoms with Gasteiger partial charge in [-0.1, -0.05) is 13.0 Å². The first-order valence-electron chi connectivity index (χ1n) is 7.76. The van der Waals surface area contributed by atoms with Crippen LogP contribution < -0.4 is 16.6 Å². The molecule has 1 aliphatic carbocycles. The molecular weight excluding hydrogens is 325 g/mol. The molecular formula is C14H24BN7O3. The highest BCUT2D eigenvalue weighted by atomic mass is 16.5. The van der Waals surface area contributed by atoms with Crippen LogP contribution in [0.15, 0.2) is 33.1 Å². The highest BCUT2D eigenvalue weighted by Crippen LogP contribution is 2.29. The molecule has 1 atom stereocenters. The molecule has 0 saturated heterocycles. The van der Waals surface area contributed by atoms with Gasteiger partial charge in [0.15, 0.2) is 0 Å². The number of nitrogens with one attached hydrogen (secondary N) is 4. The summed E-state index contributed by atoms with van der Waals surface area (Å²) in [7, 11) is -1.68. The Morgan fingerprint density at radius 2 is 2.16 bits per heavy atom. The Morgan fingerprint density at radius 1 is 1.44 bits per heavy atom. The second kappa shape index (κ2) is 10.3. The van der Waals surface area contributed by atoms with Gasteiger partial charge in [-0.15, -0.1) is 0 Å². The van der Waals surface area contributed by atoms with Crippen LogP contribution in [0.5, 0.6) is 0 Å². The van der Waals surface area contributed by atoms with Gasteiger partial charge in [0.2, 0.25) is 5.96 Å². The number of nitrogens with two attached hydrogens (primary N) is 1. The fourth-order valence-electron chi connectivity index (χ4n) is 2.10. The van der Waals surface area contributed by atoms with Crippen LogP contribution in [0.25, 0.3) is 0 Å². The Kier molecular flexibility index (Phi) is 8.37. The number of ether oxygens (including phenoxy) is 1. The van der Waals surface area contributed by atoms with Gasteiger partial charge in [0.05, 0.1) is 12.8 Å². The first kappa shape index (κ1) is 20.4. The van der Waals surface area contributed by atoms with Crippen molar-refractivity contribution in [1.29, 1.82) is 10.8 Å². The van der Waals surface area contributed by atoms with E-state index in [0.717, 1.165) is 6.42 Å². The number of hydrogen-bond donors (Lipinski definition) is 7. The van der Waals surface area contributed by atoms with E-state index in [2.05, 4.69) is 21.1 Å². The molecule has 1 aliphatic rings. The number of amidine groups is 1. The lowest BCUT2D eigenvalue weighted by atomic mass is 9.70. The molecule has 1 rings (SSSR count). The van der Waals surface area contributed by atoms with Crippen molar-refractivity contribution in [3.05, 3.63) is 22.9 Å². The van der Waals surface area contributed by atoms with Gasteiger partial charge in [-0.3, -0.25) is 16.2 Å². The van der Waals surface area contributed by atoms with E-state index < -0.39 is 7.12 Å². The average molecular weight is 349 g/mol. The van der Waals surface area contributed by atoms with Gasteiger partial charge in [-0.2, -0.15) is 10.2 Å². The van der Waals surface area contributed by atoms with Gasteiger partial charge in [-0.05, 0) is 19.8 Å². The third-order valence-corrected chi connectivity index (χ3v) is 3.05. The minimum absolute atomic E-state index is 0.188. The lowest BCUT2D eigenvalue weighted by molar-refractivity contribution is 0.216. The molecule has 0 heterocycles. The lowest BCUT2D eigenvalue weighted by Crippen LogP contribution is -2.27.